The molecule has 0 spiro atoms. The van der Waals surface area contributed by atoms with Gasteiger partial charge in [-0.15, -0.1) is 0 Å². The normalized spacial score (nSPS) is 12.3. The van der Waals surface area contributed by atoms with Crippen LogP contribution in [0.1, 0.15) is 29.2 Å². The Morgan fingerprint density at radius 3 is 2.38 bits per heavy atom. The lowest BCUT2D eigenvalue weighted by molar-refractivity contribution is -0.131. The molecular weight excluding hydrogens is 360 g/mol. The molecule has 0 saturated heterocycles. The molecule has 0 aliphatic rings. The van der Waals surface area contributed by atoms with E-state index in [-0.39, 0.29) is 0 Å². The van der Waals surface area contributed by atoms with Gasteiger partial charge in [-0.05, 0) is 58.5 Å². The summed E-state index contributed by atoms with van der Waals surface area (Å²) in [5, 5.41) is 17.0. The van der Waals surface area contributed by atoms with Gasteiger partial charge in [-0.1, -0.05) is 60.7 Å². The number of hydrogen-bond donors (Lipinski definition) is 2. The molecule has 4 aromatic rings. The van der Waals surface area contributed by atoms with Gasteiger partial charge < -0.3 is 5.11 Å². The van der Waals surface area contributed by atoms with Crippen LogP contribution in [0, 0.1) is 0 Å². The Hall–Kier alpha value is -3.92. The first kappa shape index (κ1) is 18.4. The average Bonchev–Trinajstić information content (AvgIpc) is 3.22. The summed E-state index contributed by atoms with van der Waals surface area (Å²) < 4.78 is 0. The summed E-state index contributed by atoms with van der Waals surface area (Å²) in [6, 6.07) is 24.5. The van der Waals surface area contributed by atoms with Crippen molar-refractivity contribution in [3.05, 3.63) is 107 Å². The zero-order chi connectivity index (χ0) is 20.2. The molecule has 0 aliphatic heterocycles. The highest BCUT2D eigenvalue weighted by Gasteiger charge is 2.12. The summed E-state index contributed by atoms with van der Waals surface area (Å²) >= 11 is 0. The quantitative estimate of drug-likeness (QED) is 0.348. The Morgan fingerprint density at radius 1 is 0.931 bits per heavy atom. The van der Waals surface area contributed by atoms with E-state index in [1.807, 2.05) is 54.7 Å². The predicted molar refractivity (Wildman–Crippen MR) is 117 cm³/mol. The minimum atomic E-state index is -0.956. The standard InChI is InChI=1S/C25H20N2O2/c1-17(19-5-3-2-4-6-19)25(21-12-13-23-22(15-21)16-26-27-23)20-10-7-18(8-11-20)9-14-24(28)29/h2-16H,1H3,(H,26,27)(H,28,29). The van der Waals surface area contributed by atoms with Gasteiger partial charge in [0.25, 0.3) is 0 Å². The zero-order valence-corrected chi connectivity index (χ0v) is 16.0. The smallest absolute Gasteiger partial charge is 0.328 e. The van der Waals surface area contributed by atoms with Crippen LogP contribution in [0.15, 0.2) is 85.1 Å². The van der Waals surface area contributed by atoms with Crippen molar-refractivity contribution < 1.29 is 9.90 Å². The zero-order valence-electron chi connectivity index (χ0n) is 16.0. The first-order valence-corrected chi connectivity index (χ1v) is 9.33. The number of carboxylic acid groups (broad SMARTS) is 1. The second-order valence-corrected chi connectivity index (χ2v) is 6.83. The highest BCUT2D eigenvalue weighted by atomic mass is 16.4. The van der Waals surface area contributed by atoms with Crippen LogP contribution >= 0.6 is 0 Å². The lowest BCUT2D eigenvalue weighted by Crippen LogP contribution is -1.93. The number of nitrogens with zero attached hydrogens (tertiary/aromatic N) is 1. The lowest BCUT2D eigenvalue weighted by Gasteiger charge is -2.15. The van der Waals surface area contributed by atoms with Crippen LogP contribution in [0.5, 0.6) is 0 Å². The molecule has 29 heavy (non-hydrogen) atoms. The second kappa shape index (κ2) is 7.98. The first-order valence-electron chi connectivity index (χ1n) is 9.33. The maximum Gasteiger partial charge on any atom is 0.328 e. The summed E-state index contributed by atoms with van der Waals surface area (Å²) in [7, 11) is 0. The van der Waals surface area contributed by atoms with Gasteiger partial charge in [-0.2, -0.15) is 5.10 Å². The van der Waals surface area contributed by atoms with Crippen molar-refractivity contribution in [2.75, 3.05) is 0 Å². The van der Waals surface area contributed by atoms with Crippen molar-refractivity contribution in [1.82, 2.24) is 10.2 Å². The average molecular weight is 380 g/mol. The van der Waals surface area contributed by atoms with Crippen molar-refractivity contribution in [3.63, 3.8) is 0 Å². The first-order chi connectivity index (χ1) is 14.1. The molecule has 1 heterocycles. The molecule has 0 bridgehead atoms. The van der Waals surface area contributed by atoms with Crippen LogP contribution in [0.25, 0.3) is 28.1 Å². The summed E-state index contributed by atoms with van der Waals surface area (Å²) in [4.78, 5) is 10.8. The van der Waals surface area contributed by atoms with Crippen molar-refractivity contribution >= 4 is 34.1 Å². The van der Waals surface area contributed by atoms with E-state index in [2.05, 4.69) is 41.4 Å². The number of aromatic nitrogens is 2. The van der Waals surface area contributed by atoms with E-state index < -0.39 is 5.97 Å². The van der Waals surface area contributed by atoms with Gasteiger partial charge >= 0.3 is 5.97 Å². The molecule has 0 aliphatic carbocycles. The van der Waals surface area contributed by atoms with Crippen LogP contribution in [-0.2, 0) is 4.79 Å². The molecule has 0 radical (unpaired) electrons. The van der Waals surface area contributed by atoms with E-state index in [0.717, 1.165) is 44.8 Å². The Kier molecular flexibility index (Phi) is 5.08. The minimum Gasteiger partial charge on any atom is -0.478 e. The minimum absolute atomic E-state index is 0.846. The van der Waals surface area contributed by atoms with Crippen LogP contribution in [-0.4, -0.2) is 21.3 Å². The van der Waals surface area contributed by atoms with E-state index in [9.17, 15) is 4.79 Å². The molecule has 4 rings (SSSR count). The second-order valence-electron chi connectivity index (χ2n) is 6.83. The molecule has 4 heteroatoms. The van der Waals surface area contributed by atoms with Crippen LogP contribution in [0.2, 0.25) is 0 Å². The van der Waals surface area contributed by atoms with Gasteiger partial charge in [0.15, 0.2) is 0 Å². The number of rotatable bonds is 5. The molecule has 0 fully saturated rings. The third-order valence-electron chi connectivity index (χ3n) is 4.93. The van der Waals surface area contributed by atoms with Gasteiger partial charge in [0, 0.05) is 11.5 Å². The predicted octanol–water partition coefficient (Wildman–Crippen LogP) is 5.64. The topological polar surface area (TPSA) is 66.0 Å². The number of benzene rings is 3. The van der Waals surface area contributed by atoms with Crippen molar-refractivity contribution in [2.24, 2.45) is 0 Å². The molecule has 4 nitrogen and oxygen atoms in total. The van der Waals surface area contributed by atoms with Crippen LogP contribution in [0.3, 0.4) is 0 Å². The number of aliphatic carboxylic acids is 1. The van der Waals surface area contributed by atoms with Crippen molar-refractivity contribution in [1.29, 1.82) is 0 Å². The number of carboxylic acids is 1. The summed E-state index contributed by atoms with van der Waals surface area (Å²) in [6.45, 7) is 2.13. The maximum absolute atomic E-state index is 10.8. The molecule has 1 aromatic heterocycles. The van der Waals surface area contributed by atoms with Gasteiger partial charge in [0.1, 0.15) is 0 Å². The number of allylic oxidation sites excluding steroid dienone is 1. The number of fused-ring (bicyclic) bond motifs is 1. The molecular formula is C25H20N2O2. The fourth-order valence-electron chi connectivity index (χ4n) is 3.46. The lowest BCUT2D eigenvalue weighted by atomic mass is 9.89. The van der Waals surface area contributed by atoms with Crippen LogP contribution < -0.4 is 0 Å². The van der Waals surface area contributed by atoms with Gasteiger partial charge in [0.2, 0.25) is 0 Å². The van der Waals surface area contributed by atoms with Crippen molar-refractivity contribution in [2.45, 2.75) is 6.92 Å². The number of carbonyl (C=O) groups is 1. The Balaban J connectivity index is 1.85. The largest absolute Gasteiger partial charge is 0.478 e. The number of aromatic amines is 1. The third-order valence-corrected chi connectivity index (χ3v) is 4.93. The number of nitrogens with one attached hydrogen (secondary N) is 1. The van der Waals surface area contributed by atoms with Crippen molar-refractivity contribution in [3.8, 4) is 0 Å². The number of hydrogen-bond acceptors (Lipinski definition) is 2. The highest BCUT2D eigenvalue weighted by molar-refractivity contribution is 5.99. The molecule has 0 atom stereocenters. The molecule has 0 amide bonds. The van der Waals surface area contributed by atoms with Gasteiger partial charge in [-0.25, -0.2) is 4.79 Å². The van der Waals surface area contributed by atoms with E-state index >= 15 is 0 Å². The molecule has 0 saturated carbocycles. The molecule has 3 aromatic carbocycles. The van der Waals surface area contributed by atoms with E-state index in [1.165, 1.54) is 5.57 Å². The third kappa shape index (κ3) is 4.01. The summed E-state index contributed by atoms with van der Waals surface area (Å²) in [6.07, 6.45) is 4.57. The summed E-state index contributed by atoms with van der Waals surface area (Å²) in [5.41, 5.74) is 7.48. The number of H-pyrrole nitrogens is 1. The molecule has 142 valence electrons. The SMILES string of the molecule is CC(=C(c1ccc(C=CC(=O)O)cc1)c1ccc2[nH]ncc2c1)c1ccccc1. The Bertz CT molecular complexity index is 1220. The van der Waals surface area contributed by atoms with E-state index in [4.69, 9.17) is 5.11 Å². The van der Waals surface area contributed by atoms with Crippen LogP contribution in [0.4, 0.5) is 0 Å². The highest BCUT2D eigenvalue weighted by Crippen LogP contribution is 2.33. The van der Waals surface area contributed by atoms with E-state index in [1.54, 1.807) is 6.08 Å². The summed E-state index contributed by atoms with van der Waals surface area (Å²) in [5.74, 6) is -0.956. The fraction of sp³-hybridized carbons (Fsp3) is 0.0400. The maximum atomic E-state index is 10.8. The van der Waals surface area contributed by atoms with Gasteiger partial charge in [0.05, 0.1) is 11.7 Å². The Labute approximate surface area is 168 Å². The molecule has 0 unspecified atom stereocenters. The van der Waals surface area contributed by atoms with E-state index in [0.29, 0.717) is 0 Å². The molecule has 2 N–H and O–H groups in total. The monoisotopic (exact) mass is 380 g/mol. The fourth-order valence-corrected chi connectivity index (χ4v) is 3.46. The van der Waals surface area contributed by atoms with Gasteiger partial charge in [-0.3, -0.25) is 5.10 Å². The Morgan fingerprint density at radius 2 is 1.66 bits per heavy atom.